The number of aryl methyl sites for hydroxylation is 1. The van der Waals surface area contributed by atoms with Crippen LogP contribution in [0.15, 0.2) is 60.7 Å². The molecular weight excluding hydrogens is 423 g/mol. The average molecular weight is 448 g/mol. The molecule has 33 heavy (non-hydrogen) atoms. The molecule has 1 atom stereocenters. The molecule has 6 nitrogen and oxygen atoms in total. The maximum Gasteiger partial charge on any atom is 0.255 e. The van der Waals surface area contributed by atoms with E-state index in [0.717, 1.165) is 11.1 Å². The summed E-state index contributed by atoms with van der Waals surface area (Å²) < 4.78 is 24.2. The lowest BCUT2D eigenvalue weighted by atomic mass is 10.0. The Balaban J connectivity index is 1.66. The lowest BCUT2D eigenvalue weighted by Crippen LogP contribution is -2.32. The molecule has 3 aromatic rings. The highest BCUT2D eigenvalue weighted by molar-refractivity contribution is 5.99. The first-order valence-electron chi connectivity index (χ1n) is 10.6. The van der Waals surface area contributed by atoms with Crippen molar-refractivity contribution >= 4 is 17.5 Å². The Morgan fingerprint density at radius 3 is 2.52 bits per heavy atom. The summed E-state index contributed by atoms with van der Waals surface area (Å²) in [7, 11) is 3.09. The van der Waals surface area contributed by atoms with Gasteiger partial charge in [0.2, 0.25) is 5.91 Å². The van der Waals surface area contributed by atoms with E-state index in [2.05, 4.69) is 5.32 Å². The molecular formula is C26H25FN2O4. The Kier molecular flexibility index (Phi) is 6.31. The molecule has 3 aromatic carbocycles. The van der Waals surface area contributed by atoms with E-state index >= 15 is 0 Å². The number of anilines is 1. The van der Waals surface area contributed by atoms with Gasteiger partial charge in [-0.3, -0.25) is 9.59 Å². The van der Waals surface area contributed by atoms with E-state index in [4.69, 9.17) is 9.47 Å². The van der Waals surface area contributed by atoms with Crippen LogP contribution in [0.3, 0.4) is 0 Å². The van der Waals surface area contributed by atoms with E-state index in [1.807, 2.05) is 24.3 Å². The summed E-state index contributed by atoms with van der Waals surface area (Å²) in [5.74, 6) is 0.292. The number of carbonyl (C=O) groups excluding carboxylic acids is 2. The average Bonchev–Trinajstić information content (AvgIpc) is 3.15. The predicted octanol–water partition coefficient (Wildman–Crippen LogP) is 4.88. The van der Waals surface area contributed by atoms with Crippen LogP contribution in [0.4, 0.5) is 10.1 Å². The normalized spacial score (nSPS) is 13.5. The van der Waals surface area contributed by atoms with Gasteiger partial charge < -0.3 is 19.7 Å². The van der Waals surface area contributed by atoms with Crippen molar-refractivity contribution in [1.29, 1.82) is 0 Å². The van der Waals surface area contributed by atoms with Crippen LogP contribution in [0, 0.1) is 12.7 Å². The van der Waals surface area contributed by atoms with E-state index in [1.165, 1.54) is 25.3 Å². The van der Waals surface area contributed by atoms with Gasteiger partial charge in [0.05, 0.1) is 26.7 Å². The van der Waals surface area contributed by atoms with Crippen LogP contribution in [-0.4, -0.2) is 30.9 Å². The van der Waals surface area contributed by atoms with Crippen molar-refractivity contribution in [3.8, 4) is 11.5 Å². The molecule has 2 amide bonds. The summed E-state index contributed by atoms with van der Waals surface area (Å²) in [6.45, 7) is 2.13. The third kappa shape index (κ3) is 4.53. The van der Waals surface area contributed by atoms with Gasteiger partial charge in [-0.15, -0.1) is 0 Å². The molecule has 7 heteroatoms. The Hall–Kier alpha value is -3.87. The molecule has 0 aromatic heterocycles. The van der Waals surface area contributed by atoms with Crippen molar-refractivity contribution in [2.24, 2.45) is 0 Å². The minimum atomic E-state index is -0.537. The molecule has 0 unspecified atom stereocenters. The number of ether oxygens (including phenoxy) is 2. The monoisotopic (exact) mass is 448 g/mol. The Morgan fingerprint density at radius 1 is 1.06 bits per heavy atom. The maximum absolute atomic E-state index is 13.4. The Labute approximate surface area is 191 Å². The first-order chi connectivity index (χ1) is 15.9. The molecule has 0 saturated carbocycles. The molecule has 0 aliphatic carbocycles. The Morgan fingerprint density at radius 2 is 1.82 bits per heavy atom. The highest BCUT2D eigenvalue weighted by Crippen LogP contribution is 2.37. The molecule has 1 N–H and O–H groups in total. The van der Waals surface area contributed by atoms with Gasteiger partial charge >= 0.3 is 0 Å². The Bertz CT molecular complexity index is 1210. The van der Waals surface area contributed by atoms with Gasteiger partial charge in [-0.2, -0.15) is 0 Å². The zero-order valence-corrected chi connectivity index (χ0v) is 18.7. The zero-order valence-electron chi connectivity index (χ0n) is 18.7. The number of nitrogens with one attached hydrogen (secondary N) is 1. The molecule has 1 aliphatic rings. The van der Waals surface area contributed by atoms with Gasteiger partial charge in [0, 0.05) is 17.8 Å². The smallest absolute Gasteiger partial charge is 0.255 e. The number of hydrogen-bond acceptors (Lipinski definition) is 4. The van der Waals surface area contributed by atoms with Crippen LogP contribution in [0.1, 0.15) is 39.5 Å². The van der Waals surface area contributed by atoms with Crippen LogP contribution >= 0.6 is 0 Å². The lowest BCUT2D eigenvalue weighted by Gasteiger charge is -2.28. The fourth-order valence-electron chi connectivity index (χ4n) is 4.14. The molecule has 1 aliphatic heterocycles. The third-order valence-corrected chi connectivity index (χ3v) is 5.86. The van der Waals surface area contributed by atoms with Gasteiger partial charge in [-0.05, 0) is 60.0 Å². The van der Waals surface area contributed by atoms with E-state index in [-0.39, 0.29) is 24.1 Å². The second-order valence-corrected chi connectivity index (χ2v) is 7.93. The van der Waals surface area contributed by atoms with Crippen molar-refractivity contribution in [2.75, 3.05) is 19.5 Å². The van der Waals surface area contributed by atoms with Crippen LogP contribution in [0.2, 0.25) is 0 Å². The minimum absolute atomic E-state index is 0.0199. The highest BCUT2D eigenvalue weighted by atomic mass is 19.1. The fourth-order valence-corrected chi connectivity index (χ4v) is 4.14. The summed E-state index contributed by atoms with van der Waals surface area (Å²) in [6.07, 6.45) is 0.0199. The number of nitrogens with zero attached hydrogens (tertiary/aromatic N) is 1. The largest absolute Gasteiger partial charge is 0.493 e. The molecule has 0 fully saturated rings. The van der Waals surface area contributed by atoms with Gasteiger partial charge in [0.15, 0.2) is 11.5 Å². The number of rotatable bonds is 7. The van der Waals surface area contributed by atoms with Crippen LogP contribution in [-0.2, 0) is 11.3 Å². The number of fused-ring (bicyclic) bond motifs is 1. The predicted molar refractivity (Wildman–Crippen MR) is 123 cm³/mol. The third-order valence-electron chi connectivity index (χ3n) is 5.86. The van der Waals surface area contributed by atoms with Gasteiger partial charge in [-0.25, -0.2) is 4.39 Å². The van der Waals surface area contributed by atoms with Crippen LogP contribution < -0.4 is 14.8 Å². The number of methoxy groups -OCH3 is 2. The SMILES string of the molecule is COc1ccc([C@@H](CC(=O)Nc2ccc(F)cc2C)N2Cc3ccccc3C2=O)cc1OC. The molecule has 0 radical (unpaired) electrons. The quantitative estimate of drug-likeness (QED) is 0.560. The van der Waals surface area contributed by atoms with Crippen molar-refractivity contribution in [3.05, 3.63) is 88.7 Å². The molecule has 1 heterocycles. The van der Waals surface area contributed by atoms with Gasteiger partial charge in [0.1, 0.15) is 5.82 Å². The summed E-state index contributed by atoms with van der Waals surface area (Å²) in [5, 5.41) is 2.85. The van der Waals surface area contributed by atoms with E-state index in [1.54, 1.807) is 37.1 Å². The van der Waals surface area contributed by atoms with Crippen LogP contribution in [0.25, 0.3) is 0 Å². The zero-order chi connectivity index (χ0) is 23.5. The topological polar surface area (TPSA) is 67.9 Å². The number of carbonyl (C=O) groups is 2. The second-order valence-electron chi connectivity index (χ2n) is 7.93. The first-order valence-corrected chi connectivity index (χ1v) is 10.6. The summed E-state index contributed by atoms with van der Waals surface area (Å²) in [4.78, 5) is 28.0. The molecule has 170 valence electrons. The maximum atomic E-state index is 13.4. The van der Waals surface area contributed by atoms with E-state index in [0.29, 0.717) is 34.9 Å². The van der Waals surface area contributed by atoms with Crippen molar-refractivity contribution in [1.82, 2.24) is 4.90 Å². The number of hydrogen-bond donors (Lipinski definition) is 1. The number of benzene rings is 3. The minimum Gasteiger partial charge on any atom is -0.493 e. The van der Waals surface area contributed by atoms with Crippen molar-refractivity contribution < 1.29 is 23.5 Å². The fraction of sp³-hybridized carbons (Fsp3) is 0.231. The van der Waals surface area contributed by atoms with Gasteiger partial charge in [0.25, 0.3) is 5.91 Å². The van der Waals surface area contributed by atoms with E-state index in [9.17, 15) is 14.0 Å². The molecule has 0 spiro atoms. The van der Waals surface area contributed by atoms with Crippen molar-refractivity contribution in [3.63, 3.8) is 0 Å². The summed E-state index contributed by atoms with van der Waals surface area (Å²) in [6, 6.07) is 16.5. The second kappa shape index (κ2) is 9.32. The highest BCUT2D eigenvalue weighted by Gasteiger charge is 2.35. The number of amides is 2. The van der Waals surface area contributed by atoms with Crippen LogP contribution in [0.5, 0.6) is 11.5 Å². The molecule has 0 bridgehead atoms. The molecule has 4 rings (SSSR count). The standard InChI is InChI=1S/C26H25FN2O4/c1-16-12-19(27)9-10-21(16)28-25(30)14-22(17-8-11-23(32-2)24(13-17)33-3)29-15-18-6-4-5-7-20(18)26(29)31/h4-13,22H,14-15H2,1-3H3,(H,28,30)/t22-/m1/s1. The van der Waals surface area contributed by atoms with E-state index < -0.39 is 6.04 Å². The summed E-state index contributed by atoms with van der Waals surface area (Å²) >= 11 is 0. The number of halogens is 1. The lowest BCUT2D eigenvalue weighted by molar-refractivity contribution is -0.117. The molecule has 0 saturated heterocycles. The summed E-state index contributed by atoms with van der Waals surface area (Å²) in [5.41, 5.74) is 3.46. The van der Waals surface area contributed by atoms with Gasteiger partial charge in [-0.1, -0.05) is 24.3 Å². The first kappa shape index (κ1) is 22.3. The van der Waals surface area contributed by atoms with Crippen molar-refractivity contribution in [2.45, 2.75) is 25.9 Å².